The van der Waals surface area contributed by atoms with Crippen molar-refractivity contribution in [3.8, 4) is 5.75 Å². The first-order valence-corrected chi connectivity index (χ1v) is 9.21. The molecule has 1 N–H and O–H groups in total. The van der Waals surface area contributed by atoms with Crippen LogP contribution in [-0.4, -0.2) is 18.4 Å². The average molecular weight is 333 g/mol. The predicted molar refractivity (Wildman–Crippen MR) is 105 cm³/mol. The van der Waals surface area contributed by atoms with E-state index in [0.717, 1.165) is 16.4 Å². The highest BCUT2D eigenvalue weighted by Gasteiger charge is 2.21. The van der Waals surface area contributed by atoms with Gasteiger partial charge in [-0.15, -0.1) is 0 Å². The second-order valence-electron chi connectivity index (χ2n) is 5.62. The molecule has 0 heterocycles. The van der Waals surface area contributed by atoms with Crippen molar-refractivity contribution >= 4 is 30.0 Å². The zero-order valence-corrected chi connectivity index (χ0v) is 14.7. The maximum Gasteiger partial charge on any atom is 0.132 e. The molecule has 0 unspecified atom stereocenters. The summed E-state index contributed by atoms with van der Waals surface area (Å²) in [4.78, 5) is 4.08. The first kappa shape index (κ1) is 16.4. The maximum atomic E-state index is 10.9. The fourth-order valence-electron chi connectivity index (χ4n) is 2.78. The van der Waals surface area contributed by atoms with Gasteiger partial charge in [0.2, 0.25) is 0 Å². The lowest BCUT2D eigenvalue weighted by molar-refractivity contribution is 0.479. The van der Waals surface area contributed by atoms with Gasteiger partial charge in [-0.3, -0.25) is 4.99 Å². The minimum atomic E-state index is -0.822. The molecule has 3 aromatic rings. The Balaban J connectivity index is 2.24. The SMILES string of the molecule is CN=Cc1cc(C)cc(P(c2ccccc2)c2ccccc2)c1O. The van der Waals surface area contributed by atoms with Gasteiger partial charge in [0.15, 0.2) is 0 Å². The van der Waals surface area contributed by atoms with Gasteiger partial charge in [0.1, 0.15) is 5.75 Å². The second kappa shape index (κ2) is 7.42. The average Bonchev–Trinajstić information content (AvgIpc) is 2.61. The number of benzene rings is 3. The molecule has 0 spiro atoms. The van der Waals surface area contributed by atoms with E-state index < -0.39 is 7.92 Å². The van der Waals surface area contributed by atoms with Gasteiger partial charge in [0.25, 0.3) is 0 Å². The van der Waals surface area contributed by atoms with Gasteiger partial charge >= 0.3 is 0 Å². The normalized spacial score (nSPS) is 11.3. The third-order valence-electron chi connectivity index (χ3n) is 3.80. The standard InChI is InChI=1S/C21H20NOP/c1-16-13-17(15-22-2)21(23)20(14-16)24(18-9-5-3-6-10-18)19-11-7-4-8-12-19/h3-15,23H,1-2H3. The molecule has 0 aliphatic heterocycles. The van der Waals surface area contributed by atoms with Crippen LogP contribution >= 0.6 is 7.92 Å². The Morgan fingerprint density at radius 1 is 0.875 bits per heavy atom. The van der Waals surface area contributed by atoms with Crippen LogP contribution < -0.4 is 15.9 Å². The Morgan fingerprint density at radius 2 is 1.42 bits per heavy atom. The third-order valence-corrected chi connectivity index (χ3v) is 6.25. The van der Waals surface area contributed by atoms with Gasteiger partial charge in [-0.1, -0.05) is 60.7 Å². The summed E-state index contributed by atoms with van der Waals surface area (Å²) in [5.74, 6) is 0.324. The highest BCUT2D eigenvalue weighted by Crippen LogP contribution is 2.37. The monoisotopic (exact) mass is 333 g/mol. The first-order valence-electron chi connectivity index (χ1n) is 7.86. The molecule has 0 atom stereocenters. The van der Waals surface area contributed by atoms with Crippen molar-refractivity contribution in [2.24, 2.45) is 4.99 Å². The topological polar surface area (TPSA) is 32.6 Å². The first-order chi connectivity index (χ1) is 11.7. The quantitative estimate of drug-likeness (QED) is 0.575. The lowest BCUT2D eigenvalue weighted by atomic mass is 10.1. The number of aryl methyl sites for hydroxylation is 1. The Labute approximate surface area is 144 Å². The number of nitrogens with zero attached hydrogens (tertiary/aromatic N) is 1. The minimum Gasteiger partial charge on any atom is -0.507 e. The van der Waals surface area contributed by atoms with Gasteiger partial charge in [-0.2, -0.15) is 0 Å². The van der Waals surface area contributed by atoms with Crippen LogP contribution in [0.25, 0.3) is 0 Å². The highest BCUT2D eigenvalue weighted by atomic mass is 31.1. The molecule has 0 radical (unpaired) electrons. The summed E-state index contributed by atoms with van der Waals surface area (Å²) in [6.45, 7) is 2.06. The fraction of sp³-hybridized carbons (Fsp3) is 0.0952. The molecule has 0 aliphatic rings. The van der Waals surface area contributed by atoms with E-state index in [9.17, 15) is 5.11 Å². The molecule has 3 rings (SSSR count). The zero-order chi connectivity index (χ0) is 16.9. The highest BCUT2D eigenvalue weighted by molar-refractivity contribution is 7.80. The lowest BCUT2D eigenvalue weighted by Crippen LogP contribution is -2.21. The van der Waals surface area contributed by atoms with Gasteiger partial charge in [-0.25, -0.2) is 0 Å². The largest absolute Gasteiger partial charge is 0.507 e. The maximum absolute atomic E-state index is 10.9. The zero-order valence-electron chi connectivity index (χ0n) is 13.8. The van der Waals surface area contributed by atoms with Gasteiger partial charge < -0.3 is 5.11 Å². The van der Waals surface area contributed by atoms with E-state index in [4.69, 9.17) is 0 Å². The van der Waals surface area contributed by atoms with E-state index in [0.29, 0.717) is 5.75 Å². The Morgan fingerprint density at radius 3 is 1.92 bits per heavy atom. The summed E-state index contributed by atoms with van der Waals surface area (Å²) in [5.41, 5.74) is 1.89. The number of aliphatic imine (C=N–C) groups is 1. The predicted octanol–water partition coefficient (Wildman–Crippen LogP) is 3.51. The summed E-state index contributed by atoms with van der Waals surface area (Å²) in [5, 5.41) is 14.3. The number of aromatic hydroxyl groups is 1. The van der Waals surface area contributed by atoms with Crippen LogP contribution in [0.3, 0.4) is 0 Å². The number of phenols is 1. The molecule has 24 heavy (non-hydrogen) atoms. The van der Waals surface area contributed by atoms with Crippen molar-refractivity contribution in [1.82, 2.24) is 0 Å². The lowest BCUT2D eigenvalue weighted by Gasteiger charge is -2.21. The van der Waals surface area contributed by atoms with Crippen LogP contribution in [0.5, 0.6) is 5.75 Å². The number of hydrogen-bond acceptors (Lipinski definition) is 2. The van der Waals surface area contributed by atoms with E-state index in [-0.39, 0.29) is 0 Å². The van der Waals surface area contributed by atoms with Crippen molar-refractivity contribution in [3.05, 3.63) is 83.9 Å². The molecule has 0 fully saturated rings. The third kappa shape index (κ3) is 3.39. The van der Waals surface area contributed by atoms with Crippen molar-refractivity contribution < 1.29 is 5.11 Å². The minimum absolute atomic E-state index is 0.324. The summed E-state index contributed by atoms with van der Waals surface area (Å²) in [7, 11) is 0.899. The van der Waals surface area contributed by atoms with Crippen LogP contribution in [-0.2, 0) is 0 Å². The molecule has 2 nitrogen and oxygen atoms in total. The van der Waals surface area contributed by atoms with E-state index >= 15 is 0 Å². The summed E-state index contributed by atoms with van der Waals surface area (Å²) in [6.07, 6.45) is 1.72. The molecule has 0 saturated heterocycles. The summed E-state index contributed by atoms with van der Waals surface area (Å²) < 4.78 is 0. The smallest absolute Gasteiger partial charge is 0.132 e. The van der Waals surface area contributed by atoms with E-state index in [1.165, 1.54) is 10.6 Å². The molecule has 120 valence electrons. The summed E-state index contributed by atoms with van der Waals surface area (Å²) in [6, 6.07) is 24.8. The van der Waals surface area contributed by atoms with Gasteiger partial charge in [-0.05, 0) is 43.2 Å². The van der Waals surface area contributed by atoms with Crippen molar-refractivity contribution in [3.63, 3.8) is 0 Å². The van der Waals surface area contributed by atoms with E-state index in [2.05, 4.69) is 66.5 Å². The number of rotatable bonds is 4. The van der Waals surface area contributed by atoms with Crippen molar-refractivity contribution in [2.45, 2.75) is 6.92 Å². The van der Waals surface area contributed by atoms with Crippen LogP contribution in [0.1, 0.15) is 11.1 Å². The summed E-state index contributed by atoms with van der Waals surface area (Å²) >= 11 is 0. The molecule has 3 heteroatoms. The Kier molecular flexibility index (Phi) is 5.08. The molecular weight excluding hydrogens is 313 g/mol. The van der Waals surface area contributed by atoms with Crippen LogP contribution in [0.4, 0.5) is 0 Å². The molecular formula is C21H20NOP. The van der Waals surface area contributed by atoms with Crippen LogP contribution in [0, 0.1) is 6.92 Å². The van der Waals surface area contributed by atoms with Crippen LogP contribution in [0.2, 0.25) is 0 Å². The Hall–Kier alpha value is -2.44. The molecule has 0 aromatic heterocycles. The van der Waals surface area contributed by atoms with Crippen molar-refractivity contribution in [1.29, 1.82) is 0 Å². The molecule has 3 aromatic carbocycles. The fourth-order valence-corrected chi connectivity index (χ4v) is 5.25. The van der Waals surface area contributed by atoms with Crippen LogP contribution in [0.15, 0.2) is 77.8 Å². The molecule has 0 amide bonds. The van der Waals surface area contributed by atoms with E-state index in [1.807, 2.05) is 18.2 Å². The molecule has 0 bridgehead atoms. The van der Waals surface area contributed by atoms with Gasteiger partial charge in [0, 0.05) is 24.1 Å². The van der Waals surface area contributed by atoms with Crippen molar-refractivity contribution in [2.75, 3.05) is 7.05 Å². The van der Waals surface area contributed by atoms with Gasteiger partial charge in [0.05, 0.1) is 0 Å². The Bertz CT molecular complexity index is 805. The second-order valence-corrected chi connectivity index (χ2v) is 7.80. The number of phenolic OH excluding ortho intramolecular Hbond substituents is 1. The van der Waals surface area contributed by atoms with E-state index in [1.54, 1.807) is 13.3 Å². The molecule has 0 aliphatic carbocycles. The number of hydrogen-bond donors (Lipinski definition) is 1. The molecule has 0 saturated carbocycles.